The number of unbranched alkanes of at least 4 members (excludes halogenated alkanes) is 4. The first kappa shape index (κ1) is 38.1. The van der Waals surface area contributed by atoms with Crippen LogP contribution in [-0.4, -0.2) is 76.0 Å². The van der Waals surface area contributed by atoms with Crippen molar-refractivity contribution in [2.45, 2.75) is 117 Å². The molecule has 1 unspecified atom stereocenters. The molecule has 0 spiro atoms. The zero-order valence-corrected chi connectivity index (χ0v) is 25.9. The summed E-state index contributed by atoms with van der Waals surface area (Å²) in [7, 11) is 2.02. The molecule has 0 N–H and O–H groups in total. The minimum absolute atomic E-state index is 0.149. The van der Waals surface area contributed by atoms with Gasteiger partial charge in [0.1, 0.15) is 6.10 Å². The zero-order chi connectivity index (χ0) is 29.7. The fraction of sp³-hybridized carbons (Fsp3) is 0.781. The fourth-order valence-corrected chi connectivity index (χ4v) is 3.63. The molecule has 0 bridgehead atoms. The number of rotatable bonds is 27. The molecule has 0 aliphatic carbocycles. The highest BCUT2D eigenvalue weighted by Crippen LogP contribution is 2.11. The SMILES string of the molecule is [CH2]CC(CCOC(=O)CCC(OCCCC/C=C\CC)OCCCC/C=C\CC)OC(=O)OCCCN(C)CC. The van der Waals surface area contributed by atoms with Gasteiger partial charge < -0.3 is 28.6 Å². The van der Waals surface area contributed by atoms with E-state index in [4.69, 9.17) is 23.7 Å². The molecule has 0 rings (SSSR count). The van der Waals surface area contributed by atoms with Crippen LogP contribution >= 0.6 is 0 Å². The summed E-state index contributed by atoms with van der Waals surface area (Å²) in [6.45, 7) is 13.6. The quantitative estimate of drug-likeness (QED) is 0.0438. The number of hydrogen-bond donors (Lipinski definition) is 0. The molecule has 8 heteroatoms. The lowest BCUT2D eigenvalue weighted by Gasteiger charge is -2.19. The van der Waals surface area contributed by atoms with E-state index in [2.05, 4.69) is 56.9 Å². The maximum Gasteiger partial charge on any atom is 0.508 e. The third-order valence-corrected chi connectivity index (χ3v) is 6.26. The molecule has 0 fully saturated rings. The molecule has 8 nitrogen and oxygen atoms in total. The van der Waals surface area contributed by atoms with Crippen molar-refractivity contribution in [3.8, 4) is 0 Å². The van der Waals surface area contributed by atoms with Crippen molar-refractivity contribution in [2.24, 2.45) is 0 Å². The standard InChI is InChI=1S/C32H58NO7/c1-6-10-12-14-16-18-25-37-31(38-26-19-17-15-13-11-7-2)22-21-30(34)36-28-23-29(8-3)40-32(35)39-27-20-24-33(5)9-4/h10-13,29,31H,3,6-9,14-28H2,1-2,4-5H3/b12-10-,13-11-. The largest absolute Gasteiger partial charge is 0.508 e. The molecule has 0 saturated carbocycles. The molecule has 0 aromatic rings. The van der Waals surface area contributed by atoms with Crippen LogP contribution in [-0.2, 0) is 28.5 Å². The smallest absolute Gasteiger partial charge is 0.466 e. The first-order chi connectivity index (χ1) is 19.5. The Hall–Kier alpha value is -1.90. The number of ether oxygens (including phenoxy) is 5. The van der Waals surface area contributed by atoms with Crippen molar-refractivity contribution in [3.63, 3.8) is 0 Å². The van der Waals surface area contributed by atoms with Gasteiger partial charge in [0.25, 0.3) is 0 Å². The molecule has 0 aromatic carbocycles. The van der Waals surface area contributed by atoms with Crippen molar-refractivity contribution in [3.05, 3.63) is 31.2 Å². The summed E-state index contributed by atoms with van der Waals surface area (Å²) in [5.41, 5.74) is 0. The maximum absolute atomic E-state index is 12.3. The average Bonchev–Trinajstić information content (AvgIpc) is 2.95. The third-order valence-electron chi connectivity index (χ3n) is 6.26. The Labute approximate surface area is 244 Å². The minimum Gasteiger partial charge on any atom is -0.466 e. The molecule has 233 valence electrons. The Morgan fingerprint density at radius 1 is 0.775 bits per heavy atom. The normalized spacial score (nSPS) is 12.6. The highest BCUT2D eigenvalue weighted by molar-refractivity contribution is 5.69. The van der Waals surface area contributed by atoms with Gasteiger partial charge in [-0.25, -0.2) is 4.79 Å². The predicted octanol–water partition coefficient (Wildman–Crippen LogP) is 7.42. The topological polar surface area (TPSA) is 83.5 Å². The summed E-state index contributed by atoms with van der Waals surface area (Å²) < 4.78 is 27.7. The van der Waals surface area contributed by atoms with Crippen LogP contribution in [0.25, 0.3) is 0 Å². The molecule has 0 aliphatic rings. The van der Waals surface area contributed by atoms with E-state index in [9.17, 15) is 9.59 Å². The van der Waals surface area contributed by atoms with Crippen molar-refractivity contribution in [2.75, 3.05) is 46.6 Å². The second kappa shape index (κ2) is 28.6. The second-order valence-corrected chi connectivity index (χ2v) is 9.85. The molecule has 0 heterocycles. The van der Waals surface area contributed by atoms with Crippen molar-refractivity contribution >= 4 is 12.1 Å². The van der Waals surface area contributed by atoms with E-state index in [0.717, 1.165) is 70.9 Å². The van der Waals surface area contributed by atoms with Gasteiger partial charge in [0.05, 0.1) is 19.6 Å². The van der Waals surface area contributed by atoms with Gasteiger partial charge >= 0.3 is 12.1 Å². The summed E-state index contributed by atoms with van der Waals surface area (Å²) in [6.07, 6.45) is 17.6. The van der Waals surface area contributed by atoms with Crippen LogP contribution in [0.5, 0.6) is 0 Å². The first-order valence-electron chi connectivity index (χ1n) is 15.5. The van der Waals surface area contributed by atoms with Crippen LogP contribution in [0.1, 0.15) is 104 Å². The lowest BCUT2D eigenvalue weighted by atomic mass is 10.2. The van der Waals surface area contributed by atoms with E-state index in [-0.39, 0.29) is 19.0 Å². The molecular formula is C32H58NO7. The highest BCUT2D eigenvalue weighted by Gasteiger charge is 2.17. The lowest BCUT2D eigenvalue weighted by molar-refractivity contribution is -0.159. The van der Waals surface area contributed by atoms with Crippen molar-refractivity contribution in [1.29, 1.82) is 0 Å². The number of esters is 1. The zero-order valence-electron chi connectivity index (χ0n) is 25.9. The van der Waals surface area contributed by atoms with Crippen LogP contribution in [0.4, 0.5) is 4.79 Å². The van der Waals surface area contributed by atoms with E-state index in [1.807, 2.05) is 7.05 Å². The van der Waals surface area contributed by atoms with E-state index in [0.29, 0.717) is 39.1 Å². The molecule has 40 heavy (non-hydrogen) atoms. The van der Waals surface area contributed by atoms with Gasteiger partial charge in [0.2, 0.25) is 0 Å². The van der Waals surface area contributed by atoms with Crippen molar-refractivity contribution < 1.29 is 33.3 Å². The third kappa shape index (κ3) is 25.1. The van der Waals surface area contributed by atoms with E-state index in [1.165, 1.54) is 0 Å². The molecule has 1 radical (unpaired) electrons. The lowest BCUT2D eigenvalue weighted by Crippen LogP contribution is -2.24. The van der Waals surface area contributed by atoms with Gasteiger partial charge in [-0.3, -0.25) is 4.79 Å². The van der Waals surface area contributed by atoms with Gasteiger partial charge in [-0.05, 0) is 84.7 Å². The van der Waals surface area contributed by atoms with Crippen molar-refractivity contribution in [1.82, 2.24) is 4.90 Å². The fourth-order valence-electron chi connectivity index (χ4n) is 3.63. The average molecular weight is 569 g/mol. The number of carbonyl (C=O) groups is 2. The molecule has 0 saturated heterocycles. The highest BCUT2D eigenvalue weighted by atomic mass is 16.7. The second-order valence-electron chi connectivity index (χ2n) is 9.85. The van der Waals surface area contributed by atoms with Gasteiger partial charge in [-0.15, -0.1) is 0 Å². The maximum atomic E-state index is 12.3. The van der Waals surface area contributed by atoms with E-state index in [1.54, 1.807) is 0 Å². The van der Waals surface area contributed by atoms with Gasteiger partial charge in [-0.2, -0.15) is 0 Å². The minimum atomic E-state index is -0.709. The Kier molecular flexibility index (Phi) is 27.3. The van der Waals surface area contributed by atoms with Gasteiger partial charge in [0.15, 0.2) is 6.29 Å². The van der Waals surface area contributed by atoms with Crippen LogP contribution in [0.2, 0.25) is 0 Å². The van der Waals surface area contributed by atoms with Crippen LogP contribution < -0.4 is 0 Å². The summed E-state index contributed by atoms with van der Waals surface area (Å²) >= 11 is 0. The van der Waals surface area contributed by atoms with Gasteiger partial charge in [-0.1, -0.05) is 45.1 Å². The number of hydrogen-bond acceptors (Lipinski definition) is 8. The summed E-state index contributed by atoms with van der Waals surface area (Å²) in [6, 6.07) is 0. The van der Waals surface area contributed by atoms with E-state index < -0.39 is 18.5 Å². The summed E-state index contributed by atoms with van der Waals surface area (Å²) in [5, 5.41) is 0. The molecule has 0 aromatic heterocycles. The summed E-state index contributed by atoms with van der Waals surface area (Å²) in [5.74, 6) is -0.322. The summed E-state index contributed by atoms with van der Waals surface area (Å²) in [4.78, 5) is 26.4. The Morgan fingerprint density at radius 3 is 1.95 bits per heavy atom. The Morgan fingerprint density at radius 2 is 1.40 bits per heavy atom. The van der Waals surface area contributed by atoms with E-state index >= 15 is 0 Å². The Balaban J connectivity index is 4.32. The van der Waals surface area contributed by atoms with Crippen LogP contribution in [0.15, 0.2) is 24.3 Å². The predicted molar refractivity (Wildman–Crippen MR) is 161 cm³/mol. The first-order valence-corrected chi connectivity index (χ1v) is 15.5. The van der Waals surface area contributed by atoms with Crippen LogP contribution in [0, 0.1) is 6.92 Å². The monoisotopic (exact) mass is 568 g/mol. The molecule has 0 amide bonds. The Bertz CT molecular complexity index is 629. The number of allylic oxidation sites excluding steroid dienone is 4. The molecule has 0 aliphatic heterocycles. The van der Waals surface area contributed by atoms with Gasteiger partial charge in [0, 0.05) is 32.6 Å². The molecular weight excluding hydrogens is 510 g/mol. The van der Waals surface area contributed by atoms with Crippen LogP contribution in [0.3, 0.4) is 0 Å². The number of nitrogens with zero attached hydrogens (tertiary/aromatic N) is 1. The molecule has 1 atom stereocenters. The number of carbonyl (C=O) groups excluding carboxylic acids is 2.